The highest BCUT2D eigenvalue weighted by Crippen LogP contribution is 2.36. The van der Waals surface area contributed by atoms with Gasteiger partial charge in [-0.2, -0.15) is 0 Å². The SMILES string of the molecule is c1csc(-c2ccc([Si](c3ccc(-c4cccs4)s3)(c3ccc(-c4cccs4)s3)c3ccc(-c4cccs4)s3)s2)c1. The van der Waals surface area contributed by atoms with E-state index in [0.29, 0.717) is 0 Å². The van der Waals surface area contributed by atoms with E-state index in [1.54, 1.807) is 0 Å². The predicted octanol–water partition coefficient (Wildman–Crippen LogP) is 10.2. The van der Waals surface area contributed by atoms with Gasteiger partial charge in [-0.05, 0) is 70.1 Å². The van der Waals surface area contributed by atoms with E-state index in [1.807, 2.05) is 90.7 Å². The summed E-state index contributed by atoms with van der Waals surface area (Å²) in [6.07, 6.45) is 0. The van der Waals surface area contributed by atoms with Crippen LogP contribution in [-0.4, -0.2) is 8.07 Å². The first-order chi connectivity index (χ1) is 20.3. The molecule has 8 rings (SSSR count). The smallest absolute Gasteiger partial charge is 0.143 e. The van der Waals surface area contributed by atoms with Crippen LogP contribution in [0.1, 0.15) is 0 Å². The van der Waals surface area contributed by atoms with Crippen LogP contribution in [0.4, 0.5) is 0 Å². The van der Waals surface area contributed by atoms with Crippen LogP contribution in [0.2, 0.25) is 0 Å². The summed E-state index contributed by atoms with van der Waals surface area (Å²) < 4.78 is 6.05. The van der Waals surface area contributed by atoms with E-state index in [1.165, 1.54) is 57.0 Å². The van der Waals surface area contributed by atoms with Crippen molar-refractivity contribution in [2.45, 2.75) is 0 Å². The molecular formula is C32H20S8Si. The van der Waals surface area contributed by atoms with Crippen molar-refractivity contribution in [1.29, 1.82) is 0 Å². The van der Waals surface area contributed by atoms with Gasteiger partial charge in [-0.3, -0.25) is 0 Å². The molecule has 0 radical (unpaired) electrons. The molecule has 8 aromatic heterocycles. The lowest BCUT2D eigenvalue weighted by Gasteiger charge is -2.28. The van der Waals surface area contributed by atoms with Crippen LogP contribution in [0.3, 0.4) is 0 Å². The van der Waals surface area contributed by atoms with Crippen molar-refractivity contribution in [1.82, 2.24) is 0 Å². The lowest BCUT2D eigenvalue weighted by molar-refractivity contribution is 1.91. The minimum atomic E-state index is -2.57. The van der Waals surface area contributed by atoms with Gasteiger partial charge in [0.05, 0.1) is 0 Å². The number of thiophene rings is 8. The highest BCUT2D eigenvalue weighted by molar-refractivity contribution is 7.55. The zero-order chi connectivity index (χ0) is 27.2. The highest BCUT2D eigenvalue weighted by Gasteiger charge is 2.47. The number of hydrogen-bond acceptors (Lipinski definition) is 8. The van der Waals surface area contributed by atoms with Gasteiger partial charge in [0.25, 0.3) is 0 Å². The van der Waals surface area contributed by atoms with Crippen molar-refractivity contribution >= 4 is 117 Å². The molecule has 200 valence electrons. The molecule has 0 saturated carbocycles. The maximum absolute atomic E-state index is 2.57. The fourth-order valence-corrected chi connectivity index (χ4v) is 23.1. The molecule has 0 unspecified atom stereocenters. The van der Waals surface area contributed by atoms with Crippen molar-refractivity contribution in [3.8, 4) is 39.0 Å². The van der Waals surface area contributed by atoms with Crippen molar-refractivity contribution in [3.63, 3.8) is 0 Å². The summed E-state index contributed by atoms with van der Waals surface area (Å²) in [5.74, 6) is 0. The second kappa shape index (κ2) is 11.1. The molecule has 9 heteroatoms. The third-order valence-electron chi connectivity index (χ3n) is 6.96. The average molecular weight is 689 g/mol. The van der Waals surface area contributed by atoms with E-state index < -0.39 is 8.07 Å². The Morgan fingerprint density at radius 2 is 0.561 bits per heavy atom. The largest absolute Gasteiger partial charge is 0.222 e. The van der Waals surface area contributed by atoms with Gasteiger partial charge < -0.3 is 0 Å². The highest BCUT2D eigenvalue weighted by atomic mass is 32.1. The van der Waals surface area contributed by atoms with E-state index in [9.17, 15) is 0 Å². The van der Waals surface area contributed by atoms with Gasteiger partial charge in [-0.1, -0.05) is 48.5 Å². The fraction of sp³-hybridized carbons (Fsp3) is 0. The molecule has 8 heterocycles. The van der Waals surface area contributed by atoms with Gasteiger partial charge in [-0.15, -0.1) is 90.7 Å². The minimum absolute atomic E-state index is 1.35. The summed E-state index contributed by atoms with van der Waals surface area (Å²) in [4.78, 5) is 10.9. The van der Waals surface area contributed by atoms with Crippen LogP contribution in [0, 0.1) is 0 Å². The zero-order valence-corrected chi connectivity index (χ0v) is 28.8. The Bertz CT molecular complexity index is 1700. The predicted molar refractivity (Wildman–Crippen MR) is 195 cm³/mol. The second-order valence-corrected chi connectivity index (χ2v) is 22.5. The standard InChI is InChI=1S/C32H20S8Si/c1-5-21(33-17-1)25-9-13-29(37-25)41(30-14-10-26(38-30)22-6-2-18-34-22,31-15-11-27(39-31)23-7-3-19-35-23)32-16-12-28(40-32)24-8-4-20-36-24/h1-20H. The summed E-state index contributed by atoms with van der Waals surface area (Å²) in [6.45, 7) is 0. The summed E-state index contributed by atoms with van der Waals surface area (Å²) in [5.41, 5.74) is 0. The average Bonchev–Trinajstić information content (AvgIpc) is 3.88. The third kappa shape index (κ3) is 4.68. The van der Waals surface area contributed by atoms with E-state index in [2.05, 4.69) is 119 Å². The van der Waals surface area contributed by atoms with E-state index in [0.717, 1.165) is 0 Å². The minimum Gasteiger partial charge on any atom is -0.143 e. The van der Waals surface area contributed by atoms with Crippen molar-refractivity contribution < 1.29 is 0 Å². The van der Waals surface area contributed by atoms with Gasteiger partial charge in [-0.25, -0.2) is 0 Å². The van der Waals surface area contributed by atoms with Gasteiger partial charge in [0, 0.05) is 57.0 Å². The molecule has 0 aliphatic heterocycles. The Morgan fingerprint density at radius 3 is 0.780 bits per heavy atom. The van der Waals surface area contributed by atoms with Crippen LogP contribution in [0.5, 0.6) is 0 Å². The van der Waals surface area contributed by atoms with Crippen molar-refractivity contribution in [2.75, 3.05) is 0 Å². The Labute approximate surface area is 271 Å². The first-order valence-electron chi connectivity index (χ1n) is 12.9. The molecule has 0 bridgehead atoms. The first kappa shape index (κ1) is 26.4. The third-order valence-corrected chi connectivity index (χ3v) is 23.3. The molecule has 41 heavy (non-hydrogen) atoms. The van der Waals surface area contributed by atoms with Gasteiger partial charge >= 0.3 is 0 Å². The fourth-order valence-electron chi connectivity index (χ4n) is 5.09. The van der Waals surface area contributed by atoms with Crippen molar-refractivity contribution in [2.24, 2.45) is 0 Å². The summed E-state index contributed by atoms with van der Waals surface area (Å²) in [7, 11) is -2.57. The van der Waals surface area contributed by atoms with Crippen LogP contribution >= 0.6 is 90.7 Å². The Hall–Kier alpha value is -2.18. The molecule has 0 saturated heterocycles. The van der Waals surface area contributed by atoms with E-state index in [-0.39, 0.29) is 0 Å². The van der Waals surface area contributed by atoms with Crippen LogP contribution in [0.25, 0.3) is 39.0 Å². The molecule has 8 aromatic rings. The molecule has 0 N–H and O–H groups in total. The van der Waals surface area contributed by atoms with Gasteiger partial charge in [0.15, 0.2) is 0 Å². The monoisotopic (exact) mass is 688 g/mol. The Balaban J connectivity index is 1.40. The van der Waals surface area contributed by atoms with Gasteiger partial charge in [0.2, 0.25) is 8.07 Å². The molecule has 0 spiro atoms. The molecule has 0 aliphatic rings. The first-order valence-corrected chi connectivity index (χ1v) is 21.6. The van der Waals surface area contributed by atoms with Crippen LogP contribution < -0.4 is 18.0 Å². The van der Waals surface area contributed by atoms with E-state index in [4.69, 9.17) is 0 Å². The van der Waals surface area contributed by atoms with Crippen LogP contribution in [-0.2, 0) is 0 Å². The van der Waals surface area contributed by atoms with E-state index >= 15 is 0 Å². The number of rotatable bonds is 8. The second-order valence-electron chi connectivity index (χ2n) is 9.31. The zero-order valence-electron chi connectivity index (χ0n) is 21.3. The van der Waals surface area contributed by atoms with Gasteiger partial charge in [0.1, 0.15) is 0 Å². The topological polar surface area (TPSA) is 0 Å². The molecule has 0 atom stereocenters. The lowest BCUT2D eigenvalue weighted by atomic mass is 10.4. The Kier molecular flexibility index (Phi) is 7.19. The quantitative estimate of drug-likeness (QED) is 0.139. The Morgan fingerprint density at radius 1 is 0.293 bits per heavy atom. The molecule has 0 aliphatic carbocycles. The summed E-state index contributed by atoms with van der Waals surface area (Å²) in [6, 6.07) is 36.9. The van der Waals surface area contributed by atoms with Crippen LogP contribution in [0.15, 0.2) is 119 Å². The summed E-state index contributed by atoms with van der Waals surface area (Å²) >= 11 is 15.3. The molecule has 0 amide bonds. The number of hydrogen-bond donors (Lipinski definition) is 0. The molecule has 0 nitrogen and oxygen atoms in total. The maximum Gasteiger partial charge on any atom is 0.222 e. The normalized spacial score (nSPS) is 11.9. The molecule has 0 aromatic carbocycles. The summed E-state index contributed by atoms with van der Waals surface area (Å²) in [5, 5.41) is 8.74. The maximum atomic E-state index is 2.45. The molecule has 0 fully saturated rings. The molecular weight excluding hydrogens is 669 g/mol. The van der Waals surface area contributed by atoms with Crippen molar-refractivity contribution in [3.05, 3.63) is 119 Å². The lowest BCUT2D eigenvalue weighted by Crippen LogP contribution is -2.71.